The summed E-state index contributed by atoms with van der Waals surface area (Å²) in [6.07, 6.45) is 4.95. The molecule has 3 aromatic carbocycles. The number of nitrogens with one attached hydrogen (secondary N) is 1. The number of rotatable bonds is 3. The molecule has 3 N–H and O–H groups in total. The number of allylic oxidation sites excluding steroid dienone is 1. The Morgan fingerprint density at radius 2 is 1.76 bits per heavy atom. The number of nitrogens with zero attached hydrogens (tertiary/aromatic N) is 1. The normalized spacial score (nSPS) is 13.8. The van der Waals surface area contributed by atoms with Crippen LogP contribution in [0.2, 0.25) is 0 Å². The molecular weight excluding hydrogens is 413 g/mol. The summed E-state index contributed by atoms with van der Waals surface area (Å²) >= 11 is 0. The number of aryl methyl sites for hydroxylation is 1. The van der Waals surface area contributed by atoms with Gasteiger partial charge in [0.1, 0.15) is 5.82 Å². The summed E-state index contributed by atoms with van der Waals surface area (Å²) < 4.78 is 14.6. The average Bonchev–Trinajstić information content (AvgIpc) is 3.40. The third-order valence-electron chi connectivity index (χ3n) is 5.84. The molecule has 166 valence electrons. The molecule has 4 nitrogen and oxygen atoms in total. The summed E-state index contributed by atoms with van der Waals surface area (Å²) in [5, 5.41) is 2.62. The van der Waals surface area contributed by atoms with Gasteiger partial charge in [-0.1, -0.05) is 62.0 Å². The van der Waals surface area contributed by atoms with E-state index in [-0.39, 0.29) is 11.7 Å². The summed E-state index contributed by atoms with van der Waals surface area (Å²) in [7, 11) is 0. The molecule has 2 heterocycles. The Kier molecular flexibility index (Phi) is 6.22. The lowest BCUT2D eigenvalue weighted by Gasteiger charge is -2.11. The van der Waals surface area contributed by atoms with Gasteiger partial charge in [-0.05, 0) is 48.2 Å². The Bertz CT molecular complexity index is 1300. The molecule has 33 heavy (non-hydrogen) atoms. The number of fused-ring (bicyclic) bond motifs is 1. The van der Waals surface area contributed by atoms with Crippen molar-refractivity contribution in [1.29, 1.82) is 0 Å². The maximum Gasteiger partial charge on any atom is 0.255 e. The maximum absolute atomic E-state index is 14.6. The van der Waals surface area contributed by atoms with Crippen molar-refractivity contribution < 1.29 is 9.18 Å². The highest BCUT2D eigenvalue weighted by atomic mass is 19.1. The molecule has 5 heteroatoms. The lowest BCUT2D eigenvalue weighted by molar-refractivity contribution is -0.110. The van der Waals surface area contributed by atoms with Crippen LogP contribution in [0.3, 0.4) is 0 Å². The second kappa shape index (κ2) is 9.25. The van der Waals surface area contributed by atoms with Crippen molar-refractivity contribution in [3.63, 3.8) is 0 Å². The van der Waals surface area contributed by atoms with Crippen LogP contribution in [0.5, 0.6) is 0 Å². The highest BCUT2D eigenvalue weighted by molar-refractivity contribution is 6.31. The van der Waals surface area contributed by atoms with Crippen LogP contribution in [-0.2, 0) is 11.2 Å². The first-order valence-corrected chi connectivity index (χ1v) is 10.9. The minimum atomic E-state index is -0.385. The van der Waals surface area contributed by atoms with Crippen molar-refractivity contribution in [2.75, 3.05) is 17.6 Å². The van der Waals surface area contributed by atoms with Crippen LogP contribution in [0.25, 0.3) is 27.8 Å². The molecule has 0 aromatic heterocycles. The van der Waals surface area contributed by atoms with Crippen LogP contribution in [0.4, 0.5) is 15.8 Å². The van der Waals surface area contributed by atoms with Gasteiger partial charge in [-0.15, -0.1) is 0 Å². The monoisotopic (exact) mass is 439 g/mol. The van der Waals surface area contributed by atoms with Gasteiger partial charge in [0.15, 0.2) is 0 Å². The molecular formula is C28H26FN3O. The zero-order valence-electron chi connectivity index (χ0n) is 18.8. The molecule has 2 aliphatic heterocycles. The van der Waals surface area contributed by atoms with Crippen molar-refractivity contribution in [2.45, 2.75) is 20.3 Å². The molecule has 0 aliphatic carbocycles. The first-order valence-electron chi connectivity index (χ1n) is 10.9. The highest BCUT2D eigenvalue weighted by Crippen LogP contribution is 2.37. The van der Waals surface area contributed by atoms with Gasteiger partial charge >= 0.3 is 0 Å². The number of carbonyl (C=O) groups is 1. The van der Waals surface area contributed by atoms with Crippen molar-refractivity contribution >= 4 is 28.6 Å². The molecule has 3 aromatic rings. The van der Waals surface area contributed by atoms with Crippen molar-refractivity contribution in [3.8, 4) is 22.3 Å². The van der Waals surface area contributed by atoms with E-state index >= 15 is 0 Å². The number of benzene rings is 3. The first-order chi connectivity index (χ1) is 15.9. The fraction of sp³-hybridized carbons (Fsp3) is 0.143. The van der Waals surface area contributed by atoms with E-state index in [4.69, 9.17) is 5.73 Å². The largest absolute Gasteiger partial charge is 0.398 e. The molecule has 0 spiro atoms. The number of para-hydroxylation sites is 1. The second-order valence-corrected chi connectivity index (χ2v) is 8.00. The maximum atomic E-state index is 14.6. The number of halogens is 1. The quantitative estimate of drug-likeness (QED) is 0.372. The van der Waals surface area contributed by atoms with Gasteiger partial charge in [0.2, 0.25) is 0 Å². The molecule has 0 bridgehead atoms. The molecule has 0 unspecified atom stereocenters. The minimum absolute atomic E-state index is 0.289. The molecule has 0 atom stereocenters. The Balaban J connectivity index is 0.000000376. The van der Waals surface area contributed by atoms with Crippen LogP contribution in [-0.4, -0.2) is 18.2 Å². The zero-order valence-corrected chi connectivity index (χ0v) is 18.8. The molecule has 1 amide bonds. The van der Waals surface area contributed by atoms with Gasteiger partial charge in [0, 0.05) is 33.7 Å². The number of carbonyl (C=O) groups excluding carboxylic acids is 1. The number of nitrogens with two attached hydrogens (primary N) is 1. The van der Waals surface area contributed by atoms with Gasteiger partial charge in [-0.3, -0.25) is 9.79 Å². The molecule has 5 rings (SSSR count). The summed E-state index contributed by atoms with van der Waals surface area (Å²) in [5.74, 6) is -0.674. The van der Waals surface area contributed by atoms with Crippen LogP contribution in [0, 0.1) is 5.82 Å². The van der Waals surface area contributed by atoms with E-state index in [2.05, 4.69) is 29.9 Å². The van der Waals surface area contributed by atoms with Gasteiger partial charge < -0.3 is 11.1 Å². The van der Waals surface area contributed by atoms with E-state index in [1.165, 1.54) is 6.07 Å². The summed E-state index contributed by atoms with van der Waals surface area (Å²) in [6.45, 7) is 8.74. The van der Waals surface area contributed by atoms with Crippen molar-refractivity contribution in [3.05, 3.63) is 90.3 Å². The Labute approximate surface area is 193 Å². The predicted octanol–water partition coefficient (Wildman–Crippen LogP) is 6.29. The first kappa shape index (κ1) is 22.2. The fourth-order valence-corrected chi connectivity index (χ4v) is 3.94. The number of aliphatic imine (C=N–C) groups is 1. The number of nitrogen functional groups attached to an aromatic ring is 1. The van der Waals surface area contributed by atoms with Crippen LogP contribution >= 0.6 is 0 Å². The highest BCUT2D eigenvalue weighted by Gasteiger charge is 2.24. The Morgan fingerprint density at radius 3 is 2.33 bits per heavy atom. The summed E-state index contributed by atoms with van der Waals surface area (Å²) in [4.78, 5) is 15.8. The van der Waals surface area contributed by atoms with E-state index in [0.717, 1.165) is 46.6 Å². The molecule has 2 aliphatic rings. The molecule has 0 saturated carbocycles. The fourth-order valence-electron chi connectivity index (χ4n) is 3.94. The SMILES string of the molecule is C=C1C(=O)Nc2cc(F)c(-c3ccc(-c4cccc(CC)c4N)cc3)cc21.CC1=NCC=C1. The number of anilines is 2. The predicted molar refractivity (Wildman–Crippen MR) is 136 cm³/mol. The number of amides is 1. The summed E-state index contributed by atoms with van der Waals surface area (Å²) in [5.41, 5.74) is 13.9. The van der Waals surface area contributed by atoms with Gasteiger partial charge in [-0.2, -0.15) is 0 Å². The smallest absolute Gasteiger partial charge is 0.255 e. The van der Waals surface area contributed by atoms with Crippen molar-refractivity contribution in [1.82, 2.24) is 0 Å². The van der Waals surface area contributed by atoms with Crippen LogP contribution in [0.15, 0.2) is 78.3 Å². The van der Waals surface area contributed by atoms with Crippen molar-refractivity contribution in [2.24, 2.45) is 4.99 Å². The van der Waals surface area contributed by atoms with E-state index in [0.29, 0.717) is 22.4 Å². The Hall–Kier alpha value is -3.99. The zero-order chi connectivity index (χ0) is 23.5. The lowest BCUT2D eigenvalue weighted by Crippen LogP contribution is -2.02. The van der Waals surface area contributed by atoms with Gasteiger partial charge in [-0.25, -0.2) is 4.39 Å². The van der Waals surface area contributed by atoms with Crippen LogP contribution in [0.1, 0.15) is 25.0 Å². The molecule has 0 fully saturated rings. The topological polar surface area (TPSA) is 67.5 Å². The third kappa shape index (κ3) is 4.48. The standard InChI is InChI=1S/C23H19FN2O.C5H7N/c1-3-14-5-4-6-17(22(14)25)15-7-9-16(10-8-15)19-11-18-13(2)23(27)26-21(18)12-20(19)24;1-5-3-2-4-6-5/h4-12H,2-3,25H2,1H3,(H,26,27);2-3H,4H2,1H3. The van der Waals surface area contributed by atoms with E-state index in [1.807, 2.05) is 55.5 Å². The van der Waals surface area contributed by atoms with Gasteiger partial charge in [0.05, 0.1) is 12.2 Å². The minimum Gasteiger partial charge on any atom is -0.398 e. The number of hydrogen-bond acceptors (Lipinski definition) is 3. The lowest BCUT2D eigenvalue weighted by atomic mass is 9.95. The van der Waals surface area contributed by atoms with E-state index < -0.39 is 0 Å². The Morgan fingerprint density at radius 1 is 1.06 bits per heavy atom. The molecule has 0 radical (unpaired) electrons. The van der Waals surface area contributed by atoms with Crippen LogP contribution < -0.4 is 11.1 Å². The average molecular weight is 440 g/mol. The van der Waals surface area contributed by atoms with E-state index in [1.54, 1.807) is 6.07 Å². The summed E-state index contributed by atoms with van der Waals surface area (Å²) in [6, 6.07) is 16.6. The number of hydrogen-bond donors (Lipinski definition) is 2. The second-order valence-electron chi connectivity index (χ2n) is 8.00. The van der Waals surface area contributed by atoms with E-state index in [9.17, 15) is 9.18 Å². The molecule has 0 saturated heterocycles. The van der Waals surface area contributed by atoms with Gasteiger partial charge in [0.25, 0.3) is 5.91 Å². The third-order valence-corrected chi connectivity index (χ3v) is 5.84.